The molecule has 0 fully saturated rings. The van der Waals surface area contributed by atoms with Gasteiger partial charge in [-0.3, -0.25) is 0 Å². The number of rotatable bonds is 7. The van der Waals surface area contributed by atoms with Gasteiger partial charge in [0.2, 0.25) is 5.88 Å². The second kappa shape index (κ2) is 8.67. The first-order chi connectivity index (χ1) is 13.1. The van der Waals surface area contributed by atoms with Crippen molar-refractivity contribution >= 4 is 6.09 Å². The predicted octanol–water partition coefficient (Wildman–Crippen LogP) is 3.36. The molecule has 2 rings (SSSR count). The first-order valence-corrected chi connectivity index (χ1v) is 8.70. The van der Waals surface area contributed by atoms with Crippen molar-refractivity contribution in [3.8, 4) is 28.8 Å². The summed E-state index contributed by atoms with van der Waals surface area (Å²) in [6.45, 7) is 6.26. The Morgan fingerprint density at radius 2 is 2.11 bits per heavy atom. The molecule has 0 saturated carbocycles. The fraction of sp³-hybridized carbons (Fsp3) is 0.350. The lowest BCUT2D eigenvalue weighted by molar-refractivity contribution is 0.206. The topological polar surface area (TPSA) is 124 Å². The van der Waals surface area contributed by atoms with Gasteiger partial charge in [0.15, 0.2) is 0 Å². The maximum absolute atomic E-state index is 14.2. The number of primary amides is 1. The fourth-order valence-corrected chi connectivity index (χ4v) is 2.94. The van der Waals surface area contributed by atoms with E-state index in [1.54, 1.807) is 12.1 Å². The van der Waals surface area contributed by atoms with Gasteiger partial charge in [0, 0.05) is 17.2 Å². The van der Waals surface area contributed by atoms with Gasteiger partial charge < -0.3 is 20.9 Å². The SMILES string of the molecule is CC(C)CC(C)(N)COc1ccc(-c2cc(OC(N)=O)ncc2F)cc1C#N. The molecule has 8 heteroatoms. The summed E-state index contributed by atoms with van der Waals surface area (Å²) in [6, 6.07) is 7.93. The molecular formula is C20H23FN4O3. The van der Waals surface area contributed by atoms with Crippen LogP contribution in [0.1, 0.15) is 32.8 Å². The summed E-state index contributed by atoms with van der Waals surface area (Å²) in [5.41, 5.74) is 11.4. The lowest BCUT2D eigenvalue weighted by atomic mass is 9.93. The van der Waals surface area contributed by atoms with Crippen molar-refractivity contribution < 1.29 is 18.7 Å². The van der Waals surface area contributed by atoms with Crippen molar-refractivity contribution in [3.05, 3.63) is 41.8 Å². The Kier molecular flexibility index (Phi) is 6.54. The lowest BCUT2D eigenvalue weighted by Crippen LogP contribution is -2.43. The molecule has 1 unspecified atom stereocenters. The van der Waals surface area contributed by atoms with E-state index in [0.29, 0.717) is 17.2 Å². The van der Waals surface area contributed by atoms with Crippen LogP contribution >= 0.6 is 0 Å². The largest absolute Gasteiger partial charge is 0.490 e. The Morgan fingerprint density at radius 3 is 2.71 bits per heavy atom. The highest BCUT2D eigenvalue weighted by Crippen LogP contribution is 2.30. The summed E-state index contributed by atoms with van der Waals surface area (Å²) in [6.07, 6.45) is 0.617. The number of benzene rings is 1. The van der Waals surface area contributed by atoms with Gasteiger partial charge >= 0.3 is 6.09 Å². The van der Waals surface area contributed by atoms with Crippen LogP contribution in [0.3, 0.4) is 0 Å². The van der Waals surface area contributed by atoms with Gasteiger partial charge in [0.25, 0.3) is 0 Å². The number of hydrogen-bond acceptors (Lipinski definition) is 6. The number of halogens is 1. The standard InChI is InChI=1S/C20H23FN4O3/c1-12(2)8-20(3,24)11-27-17-5-4-13(6-14(17)9-22)15-7-18(28-19(23)26)25-10-16(15)21/h4-7,10,12H,8,11,24H2,1-3H3,(H2,23,26). The van der Waals surface area contributed by atoms with Crippen LogP contribution in [0.25, 0.3) is 11.1 Å². The summed E-state index contributed by atoms with van der Waals surface area (Å²) in [4.78, 5) is 14.5. The molecule has 0 radical (unpaired) electrons. The minimum Gasteiger partial charge on any atom is -0.490 e. The molecule has 1 heterocycles. The second-order valence-corrected chi connectivity index (χ2v) is 7.29. The third-order valence-electron chi connectivity index (χ3n) is 3.88. The first-order valence-electron chi connectivity index (χ1n) is 8.70. The molecule has 1 aromatic carbocycles. The van der Waals surface area contributed by atoms with E-state index >= 15 is 0 Å². The summed E-state index contributed by atoms with van der Waals surface area (Å²) >= 11 is 0. The molecule has 1 amide bonds. The molecule has 0 aliphatic carbocycles. The molecular weight excluding hydrogens is 363 g/mol. The lowest BCUT2D eigenvalue weighted by Gasteiger charge is -2.26. The average molecular weight is 386 g/mol. The Morgan fingerprint density at radius 1 is 1.39 bits per heavy atom. The van der Waals surface area contributed by atoms with E-state index in [9.17, 15) is 14.4 Å². The van der Waals surface area contributed by atoms with Gasteiger partial charge in [-0.05, 0) is 37.0 Å². The van der Waals surface area contributed by atoms with Crippen LogP contribution in [0, 0.1) is 23.1 Å². The molecule has 4 N–H and O–H groups in total. The number of carbonyl (C=O) groups excluding carboxylic acids is 1. The third-order valence-corrected chi connectivity index (χ3v) is 3.88. The molecule has 0 saturated heterocycles. The maximum Gasteiger partial charge on any atom is 0.411 e. The summed E-state index contributed by atoms with van der Waals surface area (Å²) in [5.74, 6) is -0.0196. The summed E-state index contributed by atoms with van der Waals surface area (Å²) < 4.78 is 24.6. The fourth-order valence-electron chi connectivity index (χ4n) is 2.94. The van der Waals surface area contributed by atoms with Crippen LogP contribution in [-0.2, 0) is 0 Å². The molecule has 0 aliphatic heterocycles. The summed E-state index contributed by atoms with van der Waals surface area (Å²) in [5, 5.41) is 9.45. The van der Waals surface area contributed by atoms with Gasteiger partial charge in [-0.1, -0.05) is 19.9 Å². The monoisotopic (exact) mass is 386 g/mol. The molecule has 1 aromatic heterocycles. The number of pyridine rings is 1. The number of nitrogens with zero attached hydrogens (tertiary/aromatic N) is 2. The van der Waals surface area contributed by atoms with E-state index in [4.69, 9.17) is 16.2 Å². The van der Waals surface area contributed by atoms with Crippen LogP contribution in [0.5, 0.6) is 11.6 Å². The highest BCUT2D eigenvalue weighted by atomic mass is 19.1. The Hall–Kier alpha value is -3.18. The smallest absolute Gasteiger partial charge is 0.411 e. The molecule has 0 aliphatic rings. The zero-order valence-electron chi connectivity index (χ0n) is 16.0. The Labute approximate surface area is 163 Å². The number of nitriles is 1. The van der Waals surface area contributed by atoms with Gasteiger partial charge in [0.1, 0.15) is 24.2 Å². The highest BCUT2D eigenvalue weighted by Gasteiger charge is 2.22. The van der Waals surface area contributed by atoms with Crippen molar-refractivity contribution in [2.24, 2.45) is 17.4 Å². The van der Waals surface area contributed by atoms with Crippen LogP contribution in [0.2, 0.25) is 0 Å². The minimum absolute atomic E-state index is 0.109. The Balaban J connectivity index is 2.29. The van der Waals surface area contributed by atoms with Crippen molar-refractivity contribution in [1.29, 1.82) is 5.26 Å². The van der Waals surface area contributed by atoms with Crippen molar-refractivity contribution in [3.63, 3.8) is 0 Å². The first kappa shape index (κ1) is 21.1. The van der Waals surface area contributed by atoms with Crippen LogP contribution < -0.4 is 20.9 Å². The Bertz CT molecular complexity index is 907. The molecule has 0 spiro atoms. The highest BCUT2D eigenvalue weighted by molar-refractivity contribution is 5.71. The van der Waals surface area contributed by atoms with Crippen LogP contribution in [-0.4, -0.2) is 23.2 Å². The third kappa shape index (κ3) is 5.66. The number of aromatic nitrogens is 1. The van der Waals surface area contributed by atoms with E-state index in [2.05, 4.69) is 23.6 Å². The van der Waals surface area contributed by atoms with Crippen molar-refractivity contribution in [2.45, 2.75) is 32.7 Å². The zero-order valence-corrected chi connectivity index (χ0v) is 16.0. The quantitative estimate of drug-likeness (QED) is 0.752. The minimum atomic E-state index is -1.06. The van der Waals surface area contributed by atoms with E-state index in [1.165, 1.54) is 12.1 Å². The van der Waals surface area contributed by atoms with Gasteiger partial charge in [-0.2, -0.15) is 5.26 Å². The van der Waals surface area contributed by atoms with Crippen molar-refractivity contribution in [1.82, 2.24) is 4.98 Å². The van der Waals surface area contributed by atoms with Gasteiger partial charge in [0.05, 0.1) is 11.8 Å². The number of amides is 1. The molecule has 2 aromatic rings. The number of hydrogen-bond donors (Lipinski definition) is 2. The van der Waals surface area contributed by atoms with Crippen LogP contribution in [0.15, 0.2) is 30.5 Å². The zero-order chi connectivity index (χ0) is 20.9. The van der Waals surface area contributed by atoms with Crippen LogP contribution in [0.4, 0.5) is 9.18 Å². The molecule has 28 heavy (non-hydrogen) atoms. The van der Waals surface area contributed by atoms with Gasteiger partial charge in [-0.15, -0.1) is 0 Å². The maximum atomic E-state index is 14.2. The summed E-state index contributed by atoms with van der Waals surface area (Å²) in [7, 11) is 0. The molecule has 148 valence electrons. The number of ether oxygens (including phenoxy) is 2. The number of nitrogens with two attached hydrogens (primary N) is 2. The molecule has 7 nitrogen and oxygen atoms in total. The number of carbonyl (C=O) groups is 1. The normalized spacial score (nSPS) is 12.9. The predicted molar refractivity (Wildman–Crippen MR) is 102 cm³/mol. The van der Waals surface area contributed by atoms with Gasteiger partial charge in [-0.25, -0.2) is 14.2 Å². The van der Waals surface area contributed by atoms with E-state index < -0.39 is 17.4 Å². The van der Waals surface area contributed by atoms with E-state index in [1.807, 2.05) is 13.0 Å². The molecule has 0 bridgehead atoms. The average Bonchev–Trinajstić information content (AvgIpc) is 2.60. The second-order valence-electron chi connectivity index (χ2n) is 7.29. The van der Waals surface area contributed by atoms with E-state index in [-0.39, 0.29) is 23.6 Å². The van der Waals surface area contributed by atoms with E-state index in [0.717, 1.165) is 12.6 Å². The van der Waals surface area contributed by atoms with Crippen molar-refractivity contribution in [2.75, 3.05) is 6.61 Å². The molecule has 1 atom stereocenters.